The van der Waals surface area contributed by atoms with Gasteiger partial charge in [0.25, 0.3) is 5.91 Å². The van der Waals surface area contributed by atoms with E-state index < -0.39 is 36.4 Å². The van der Waals surface area contributed by atoms with E-state index in [4.69, 9.17) is 4.74 Å². The van der Waals surface area contributed by atoms with Crippen molar-refractivity contribution < 1.29 is 23.9 Å². The molecule has 3 atom stereocenters. The molecule has 3 aliphatic carbocycles. The highest BCUT2D eigenvalue weighted by Crippen LogP contribution is 2.61. The SMILES string of the molecule is CCCC[C@@H](C(=O)OCC(=O)Nc1ccccc1C)N1C(=O)[C@@H]2C3c4ccccc4C(c4ccccc43)[C@@H]2C1=O. The first-order valence-electron chi connectivity index (χ1n) is 14.0. The fraction of sp³-hybridized carbons (Fsp3) is 0.333. The maximum atomic E-state index is 14.1. The van der Waals surface area contributed by atoms with Crippen molar-refractivity contribution in [2.24, 2.45) is 11.8 Å². The lowest BCUT2D eigenvalue weighted by atomic mass is 9.55. The van der Waals surface area contributed by atoms with Crippen LogP contribution in [-0.4, -0.2) is 41.2 Å². The van der Waals surface area contributed by atoms with Gasteiger partial charge in [0, 0.05) is 17.5 Å². The van der Waals surface area contributed by atoms with Gasteiger partial charge in [0.15, 0.2) is 6.61 Å². The predicted molar refractivity (Wildman–Crippen MR) is 149 cm³/mol. The molecule has 7 rings (SSSR count). The molecule has 0 unspecified atom stereocenters. The van der Waals surface area contributed by atoms with E-state index in [-0.39, 0.29) is 23.7 Å². The predicted octanol–water partition coefficient (Wildman–Crippen LogP) is 4.93. The second-order valence-electron chi connectivity index (χ2n) is 10.9. The van der Waals surface area contributed by atoms with Crippen molar-refractivity contribution in [2.45, 2.75) is 51.0 Å². The number of anilines is 1. The summed E-state index contributed by atoms with van der Waals surface area (Å²) in [5, 5.41) is 2.75. The summed E-state index contributed by atoms with van der Waals surface area (Å²) in [5.74, 6) is -3.47. The number of rotatable bonds is 8. The van der Waals surface area contributed by atoms with Crippen LogP contribution in [0.1, 0.15) is 65.8 Å². The van der Waals surface area contributed by atoms with Crippen LogP contribution in [0.2, 0.25) is 0 Å². The number of imide groups is 1. The first-order valence-corrected chi connectivity index (χ1v) is 14.0. The van der Waals surface area contributed by atoms with Gasteiger partial charge in [0.1, 0.15) is 6.04 Å². The largest absolute Gasteiger partial charge is 0.454 e. The first kappa shape index (κ1) is 26.0. The summed E-state index contributed by atoms with van der Waals surface area (Å²) in [6, 6.07) is 22.3. The van der Waals surface area contributed by atoms with Crippen LogP contribution in [0.4, 0.5) is 5.69 Å². The van der Waals surface area contributed by atoms with Crippen LogP contribution in [-0.2, 0) is 23.9 Å². The summed E-state index contributed by atoms with van der Waals surface area (Å²) in [6.07, 6.45) is 1.71. The summed E-state index contributed by atoms with van der Waals surface area (Å²) in [7, 11) is 0. The van der Waals surface area contributed by atoms with E-state index in [0.717, 1.165) is 34.2 Å². The van der Waals surface area contributed by atoms with Crippen molar-refractivity contribution in [2.75, 3.05) is 11.9 Å². The van der Waals surface area contributed by atoms with Gasteiger partial charge in [-0.2, -0.15) is 0 Å². The van der Waals surface area contributed by atoms with Crippen molar-refractivity contribution in [1.29, 1.82) is 0 Å². The molecule has 1 fully saturated rings. The zero-order valence-corrected chi connectivity index (χ0v) is 22.6. The van der Waals surface area contributed by atoms with Gasteiger partial charge in [0.2, 0.25) is 11.8 Å². The van der Waals surface area contributed by atoms with E-state index in [9.17, 15) is 19.2 Å². The second-order valence-corrected chi connectivity index (χ2v) is 10.9. The number of aryl methyl sites for hydroxylation is 1. The van der Waals surface area contributed by atoms with Gasteiger partial charge in [-0.1, -0.05) is 86.5 Å². The molecule has 2 bridgehead atoms. The number of likely N-dealkylation sites (tertiary alicyclic amines) is 1. The van der Waals surface area contributed by atoms with Gasteiger partial charge >= 0.3 is 5.97 Å². The molecule has 4 aliphatic rings. The Bertz CT molecular complexity index is 1400. The zero-order valence-electron chi connectivity index (χ0n) is 22.6. The number of para-hydroxylation sites is 1. The molecule has 3 aromatic rings. The Labute approximate surface area is 233 Å². The number of amides is 3. The molecule has 1 heterocycles. The van der Waals surface area contributed by atoms with Gasteiger partial charge in [0.05, 0.1) is 11.8 Å². The van der Waals surface area contributed by atoms with E-state index in [2.05, 4.69) is 29.6 Å². The monoisotopic (exact) mass is 536 g/mol. The van der Waals surface area contributed by atoms with Crippen LogP contribution in [0.25, 0.3) is 0 Å². The number of unbranched alkanes of at least 4 members (excludes halogenated alkanes) is 1. The maximum Gasteiger partial charge on any atom is 0.329 e. The third kappa shape index (κ3) is 4.12. The number of esters is 1. The Hall–Kier alpha value is -4.26. The number of nitrogens with zero attached hydrogens (tertiary/aromatic N) is 1. The summed E-state index contributed by atoms with van der Waals surface area (Å²) in [6.45, 7) is 3.36. The standard InChI is InChI=1S/C33H32N2O5/c1-3-4-17-25(33(39)40-18-26(36)34-24-16-10-5-11-19(24)2)35-31(37)29-27-20-12-6-7-13-21(20)28(30(29)32(35)38)23-15-9-8-14-22(23)27/h5-16,25,27-30H,3-4,17-18H2,1-2H3,(H,34,36)/t25-,27?,28?,29-,30+/m0/s1. The normalized spacial score (nSPS) is 22.8. The molecular weight excluding hydrogens is 504 g/mol. The molecule has 7 nitrogen and oxygen atoms in total. The van der Waals surface area contributed by atoms with E-state index >= 15 is 0 Å². The van der Waals surface area contributed by atoms with Crippen LogP contribution >= 0.6 is 0 Å². The molecule has 0 saturated carbocycles. The lowest BCUT2D eigenvalue weighted by Gasteiger charge is -2.45. The van der Waals surface area contributed by atoms with Crippen LogP contribution < -0.4 is 5.32 Å². The number of benzene rings is 3. The second kappa shape index (κ2) is 10.4. The maximum absolute atomic E-state index is 14.1. The quantitative estimate of drug-likeness (QED) is 0.326. The van der Waals surface area contributed by atoms with E-state index in [0.29, 0.717) is 18.5 Å². The Morgan fingerprint density at radius 1 is 0.825 bits per heavy atom. The molecule has 1 saturated heterocycles. The molecule has 0 aromatic heterocycles. The minimum absolute atomic E-state index is 0.244. The van der Waals surface area contributed by atoms with E-state index in [1.807, 2.05) is 56.3 Å². The van der Waals surface area contributed by atoms with Crippen LogP contribution in [0.5, 0.6) is 0 Å². The molecule has 0 radical (unpaired) electrons. The summed E-state index contributed by atoms with van der Waals surface area (Å²) in [4.78, 5) is 55.4. The Morgan fingerprint density at radius 3 is 1.82 bits per heavy atom. The van der Waals surface area contributed by atoms with Gasteiger partial charge < -0.3 is 10.1 Å². The first-order chi connectivity index (χ1) is 19.4. The minimum atomic E-state index is -1.07. The molecule has 0 spiro atoms. The number of hydrogen-bond acceptors (Lipinski definition) is 5. The molecule has 7 heteroatoms. The molecule has 3 amide bonds. The number of hydrogen-bond donors (Lipinski definition) is 1. The minimum Gasteiger partial charge on any atom is -0.454 e. The number of carbonyl (C=O) groups excluding carboxylic acids is 4. The highest BCUT2D eigenvalue weighted by atomic mass is 16.5. The molecule has 3 aromatic carbocycles. The zero-order chi connectivity index (χ0) is 28.0. The smallest absolute Gasteiger partial charge is 0.329 e. The summed E-state index contributed by atoms with van der Waals surface area (Å²) in [5.41, 5.74) is 5.84. The van der Waals surface area contributed by atoms with Gasteiger partial charge in [-0.25, -0.2) is 4.79 Å². The highest BCUT2D eigenvalue weighted by molar-refractivity contribution is 6.10. The molecule has 204 valence electrons. The molecule has 40 heavy (non-hydrogen) atoms. The van der Waals surface area contributed by atoms with Crippen LogP contribution in [0, 0.1) is 18.8 Å². The van der Waals surface area contributed by atoms with Crippen molar-refractivity contribution in [1.82, 2.24) is 4.90 Å². The fourth-order valence-electron chi connectivity index (χ4n) is 6.89. The van der Waals surface area contributed by atoms with Gasteiger partial charge in [-0.3, -0.25) is 19.3 Å². The topological polar surface area (TPSA) is 92.8 Å². The Kier molecular flexibility index (Phi) is 6.74. The lowest BCUT2D eigenvalue weighted by molar-refractivity contribution is -0.160. The highest BCUT2D eigenvalue weighted by Gasteiger charge is 2.63. The van der Waals surface area contributed by atoms with Crippen molar-refractivity contribution >= 4 is 29.4 Å². The summed E-state index contributed by atoms with van der Waals surface area (Å²) >= 11 is 0. The van der Waals surface area contributed by atoms with Gasteiger partial charge in [-0.15, -0.1) is 0 Å². The summed E-state index contributed by atoms with van der Waals surface area (Å²) < 4.78 is 5.43. The average molecular weight is 537 g/mol. The van der Waals surface area contributed by atoms with E-state index in [1.54, 1.807) is 6.07 Å². The third-order valence-electron chi connectivity index (χ3n) is 8.66. The number of nitrogens with one attached hydrogen (secondary N) is 1. The van der Waals surface area contributed by atoms with Crippen LogP contribution in [0.3, 0.4) is 0 Å². The lowest BCUT2D eigenvalue weighted by Crippen LogP contribution is -2.47. The third-order valence-corrected chi connectivity index (χ3v) is 8.66. The van der Waals surface area contributed by atoms with Crippen molar-refractivity contribution in [3.05, 3.63) is 101 Å². The molecule has 1 aliphatic heterocycles. The Balaban J connectivity index is 1.27. The van der Waals surface area contributed by atoms with E-state index in [1.165, 1.54) is 4.90 Å². The Morgan fingerprint density at radius 2 is 1.32 bits per heavy atom. The molecule has 1 N–H and O–H groups in total. The number of ether oxygens (including phenoxy) is 1. The average Bonchev–Trinajstić information content (AvgIpc) is 3.23. The van der Waals surface area contributed by atoms with Crippen LogP contribution in [0.15, 0.2) is 72.8 Å². The van der Waals surface area contributed by atoms with Crippen molar-refractivity contribution in [3.8, 4) is 0 Å². The van der Waals surface area contributed by atoms with Crippen molar-refractivity contribution in [3.63, 3.8) is 0 Å². The van der Waals surface area contributed by atoms with Gasteiger partial charge in [-0.05, 0) is 47.2 Å². The fourth-order valence-corrected chi connectivity index (χ4v) is 6.89. The molecular formula is C33H32N2O5. The number of carbonyl (C=O) groups is 4.